The maximum atomic E-state index is 11.5. The summed E-state index contributed by atoms with van der Waals surface area (Å²) in [5.41, 5.74) is 0.383. The second-order valence-corrected chi connectivity index (χ2v) is 5.47. The zero-order valence-corrected chi connectivity index (χ0v) is 11.5. The molecule has 0 spiro atoms. The van der Waals surface area contributed by atoms with E-state index in [1.807, 2.05) is 0 Å². The number of aromatic nitrogens is 2. The number of rotatable bonds is 4. The van der Waals surface area contributed by atoms with E-state index in [0.29, 0.717) is 36.0 Å². The Hall–Kier alpha value is -1.69. The predicted molar refractivity (Wildman–Crippen MR) is 72.4 cm³/mol. The van der Waals surface area contributed by atoms with Gasteiger partial charge in [0.25, 0.3) is 0 Å². The summed E-state index contributed by atoms with van der Waals surface area (Å²) < 4.78 is 4.91. The molecule has 6 nitrogen and oxygen atoms in total. The highest BCUT2D eigenvalue weighted by Crippen LogP contribution is 2.42. The van der Waals surface area contributed by atoms with Gasteiger partial charge in [-0.05, 0) is 31.6 Å². The lowest BCUT2D eigenvalue weighted by Gasteiger charge is -2.30. The highest BCUT2D eigenvalue weighted by Gasteiger charge is 2.45. The van der Waals surface area contributed by atoms with E-state index >= 15 is 0 Å². The van der Waals surface area contributed by atoms with Crippen molar-refractivity contribution in [3.8, 4) is 0 Å². The van der Waals surface area contributed by atoms with Crippen LogP contribution in [0.1, 0.15) is 30.1 Å². The van der Waals surface area contributed by atoms with Gasteiger partial charge in [0.05, 0.1) is 12.2 Å². The lowest BCUT2D eigenvalue weighted by molar-refractivity contribution is 0.0525. The fourth-order valence-electron chi connectivity index (χ4n) is 3.32. The third-order valence-electron chi connectivity index (χ3n) is 4.33. The van der Waals surface area contributed by atoms with Crippen molar-refractivity contribution in [2.45, 2.75) is 25.8 Å². The van der Waals surface area contributed by atoms with Crippen LogP contribution in [0, 0.1) is 11.8 Å². The maximum absolute atomic E-state index is 11.5. The Morgan fingerprint density at radius 1 is 1.45 bits per heavy atom. The van der Waals surface area contributed by atoms with E-state index in [1.54, 1.807) is 6.92 Å². The Morgan fingerprint density at radius 3 is 2.75 bits per heavy atom. The molecule has 1 N–H and O–H groups in total. The molecule has 1 aromatic rings. The normalized spacial score (nSPS) is 27.9. The molecule has 2 bridgehead atoms. The summed E-state index contributed by atoms with van der Waals surface area (Å²) in [4.78, 5) is 22.3. The van der Waals surface area contributed by atoms with Gasteiger partial charge in [-0.2, -0.15) is 0 Å². The van der Waals surface area contributed by atoms with Gasteiger partial charge in [0.15, 0.2) is 0 Å². The summed E-state index contributed by atoms with van der Waals surface area (Å²) in [5, 5.41) is 9.29. The molecule has 1 saturated carbocycles. The molecule has 20 heavy (non-hydrogen) atoms. The van der Waals surface area contributed by atoms with E-state index in [9.17, 15) is 9.90 Å². The molecular weight excluding hydrogens is 258 g/mol. The van der Waals surface area contributed by atoms with Crippen LogP contribution in [0.2, 0.25) is 0 Å². The van der Waals surface area contributed by atoms with Crippen molar-refractivity contribution in [2.24, 2.45) is 11.8 Å². The summed E-state index contributed by atoms with van der Waals surface area (Å²) in [6, 6.07) is 0.422. The van der Waals surface area contributed by atoms with Crippen molar-refractivity contribution in [2.75, 3.05) is 24.7 Å². The summed E-state index contributed by atoms with van der Waals surface area (Å²) in [6.07, 6.45) is 5.16. The highest BCUT2D eigenvalue weighted by atomic mass is 16.5. The zero-order chi connectivity index (χ0) is 14.1. The van der Waals surface area contributed by atoms with Gasteiger partial charge in [0, 0.05) is 31.6 Å². The molecule has 2 aliphatic rings. The molecule has 6 heteroatoms. The van der Waals surface area contributed by atoms with Crippen molar-refractivity contribution in [1.29, 1.82) is 0 Å². The number of ether oxygens (including phenoxy) is 1. The van der Waals surface area contributed by atoms with Crippen LogP contribution in [0.15, 0.2) is 12.4 Å². The lowest BCUT2D eigenvalue weighted by atomic mass is 9.96. The summed E-state index contributed by atoms with van der Waals surface area (Å²) in [5.74, 6) is 1.25. The second kappa shape index (κ2) is 5.36. The van der Waals surface area contributed by atoms with E-state index in [4.69, 9.17) is 4.74 Å². The van der Waals surface area contributed by atoms with Crippen molar-refractivity contribution in [1.82, 2.24) is 9.97 Å². The number of aliphatic hydroxyl groups excluding tert-OH is 1. The third-order valence-corrected chi connectivity index (χ3v) is 4.33. The molecule has 1 aliphatic carbocycles. The monoisotopic (exact) mass is 277 g/mol. The highest BCUT2D eigenvalue weighted by molar-refractivity contribution is 5.88. The van der Waals surface area contributed by atoms with Crippen LogP contribution < -0.4 is 4.90 Å². The first-order valence-electron chi connectivity index (χ1n) is 7.09. The van der Waals surface area contributed by atoms with Gasteiger partial charge in [-0.3, -0.25) is 0 Å². The van der Waals surface area contributed by atoms with Crippen molar-refractivity contribution in [3.05, 3.63) is 18.0 Å². The van der Waals surface area contributed by atoms with E-state index in [1.165, 1.54) is 12.4 Å². The van der Waals surface area contributed by atoms with Gasteiger partial charge in [0.1, 0.15) is 0 Å². The summed E-state index contributed by atoms with van der Waals surface area (Å²) in [7, 11) is 0. The molecule has 1 aliphatic heterocycles. The number of piperidine rings is 1. The fourth-order valence-corrected chi connectivity index (χ4v) is 3.32. The van der Waals surface area contributed by atoms with Crippen molar-refractivity contribution < 1.29 is 14.6 Å². The number of fused-ring (bicyclic) bond motifs is 2. The van der Waals surface area contributed by atoms with E-state index < -0.39 is 0 Å². The first-order chi connectivity index (χ1) is 9.72. The average molecular weight is 277 g/mol. The number of esters is 1. The minimum absolute atomic E-state index is 0.275. The van der Waals surface area contributed by atoms with Crippen LogP contribution in [0.5, 0.6) is 0 Å². The molecule has 2 heterocycles. The number of aliphatic hydroxyl groups is 1. The van der Waals surface area contributed by atoms with Crippen LogP contribution in [-0.2, 0) is 4.74 Å². The number of carbonyl (C=O) groups excluding carboxylic acids is 1. The average Bonchev–Trinajstić information content (AvgIpc) is 3.07. The first kappa shape index (κ1) is 13.3. The molecule has 1 aromatic heterocycles. The molecule has 3 atom stereocenters. The lowest BCUT2D eigenvalue weighted by Crippen LogP contribution is -2.37. The molecule has 0 aromatic carbocycles. The smallest absolute Gasteiger partial charge is 0.341 e. The van der Waals surface area contributed by atoms with Crippen molar-refractivity contribution >= 4 is 11.9 Å². The van der Waals surface area contributed by atoms with E-state index in [0.717, 1.165) is 19.4 Å². The second-order valence-electron chi connectivity index (χ2n) is 5.47. The number of hydrogen-bond donors (Lipinski definition) is 1. The first-order valence-corrected chi connectivity index (χ1v) is 7.09. The SMILES string of the molecule is CCOC(=O)c1cnc(N2C[C@H]3C[C@@H]2CC3CO)nc1. The molecule has 108 valence electrons. The van der Waals surface area contributed by atoms with Gasteiger partial charge >= 0.3 is 5.97 Å². The Bertz CT molecular complexity index is 491. The topological polar surface area (TPSA) is 75.5 Å². The van der Waals surface area contributed by atoms with Crippen LogP contribution in [0.25, 0.3) is 0 Å². The number of anilines is 1. The summed E-state index contributed by atoms with van der Waals surface area (Å²) >= 11 is 0. The van der Waals surface area contributed by atoms with Gasteiger partial charge in [-0.15, -0.1) is 0 Å². The van der Waals surface area contributed by atoms with E-state index in [2.05, 4.69) is 14.9 Å². The minimum Gasteiger partial charge on any atom is -0.462 e. The van der Waals surface area contributed by atoms with E-state index in [-0.39, 0.29) is 12.6 Å². The van der Waals surface area contributed by atoms with Gasteiger partial charge in [0.2, 0.25) is 5.95 Å². The van der Waals surface area contributed by atoms with Crippen LogP contribution in [-0.4, -0.2) is 46.8 Å². The molecule has 1 unspecified atom stereocenters. The minimum atomic E-state index is -0.387. The van der Waals surface area contributed by atoms with Crippen LogP contribution in [0.3, 0.4) is 0 Å². The molecular formula is C14H19N3O3. The Morgan fingerprint density at radius 2 is 2.20 bits per heavy atom. The van der Waals surface area contributed by atoms with Gasteiger partial charge in [-0.1, -0.05) is 0 Å². The number of nitrogens with zero attached hydrogens (tertiary/aromatic N) is 3. The molecule has 0 amide bonds. The standard InChI is InChI=1S/C14H19N3O3/c1-2-20-13(19)11-5-15-14(16-6-11)17-7-9-3-12(17)4-10(9)8-18/h5-6,9-10,12,18H,2-4,7-8H2,1H3/t9-,10?,12-/m1/s1. The quantitative estimate of drug-likeness (QED) is 0.823. The third kappa shape index (κ3) is 2.24. The number of carbonyl (C=O) groups is 1. The molecule has 3 rings (SSSR count). The Labute approximate surface area is 117 Å². The van der Waals surface area contributed by atoms with Crippen LogP contribution in [0.4, 0.5) is 5.95 Å². The summed E-state index contributed by atoms with van der Waals surface area (Å²) in [6.45, 7) is 3.29. The Balaban J connectivity index is 1.69. The van der Waals surface area contributed by atoms with Crippen molar-refractivity contribution in [3.63, 3.8) is 0 Å². The molecule has 1 saturated heterocycles. The maximum Gasteiger partial charge on any atom is 0.341 e. The molecule has 0 radical (unpaired) electrons. The number of hydrogen-bond acceptors (Lipinski definition) is 6. The van der Waals surface area contributed by atoms with Gasteiger partial charge < -0.3 is 14.7 Å². The molecule has 2 fully saturated rings. The fraction of sp³-hybridized carbons (Fsp3) is 0.643. The zero-order valence-electron chi connectivity index (χ0n) is 11.5. The largest absolute Gasteiger partial charge is 0.462 e. The van der Waals surface area contributed by atoms with Crippen LogP contribution >= 0.6 is 0 Å². The van der Waals surface area contributed by atoms with Gasteiger partial charge in [-0.25, -0.2) is 14.8 Å². The predicted octanol–water partition coefficient (Wildman–Crippen LogP) is 0.860. The Kier molecular flexibility index (Phi) is 3.56.